The molecule has 0 rings (SSSR count). The van der Waals surface area contributed by atoms with Crippen molar-refractivity contribution < 1.29 is 32.3 Å². The van der Waals surface area contributed by atoms with Gasteiger partial charge in [0.1, 0.15) is 0 Å². The van der Waals surface area contributed by atoms with Crippen LogP contribution < -0.4 is 5.11 Å². The maximum Gasteiger partial charge on any atom is 1.00 e. The van der Waals surface area contributed by atoms with Crippen molar-refractivity contribution in [2.24, 2.45) is 0 Å². The molecule has 0 saturated heterocycles. The van der Waals surface area contributed by atoms with Gasteiger partial charge in [-0.3, -0.25) is 4.79 Å². The number of hydrogen-bond donors (Lipinski definition) is 0. The van der Waals surface area contributed by atoms with E-state index in [0.717, 1.165) is 6.08 Å². The molecule has 0 aromatic rings. The van der Waals surface area contributed by atoms with Gasteiger partial charge in [0.25, 0.3) is 0 Å². The van der Waals surface area contributed by atoms with Crippen LogP contribution in [-0.2, 0) is 27.2 Å². The second-order valence-electron chi connectivity index (χ2n) is 1.37. The van der Waals surface area contributed by atoms with Crippen LogP contribution in [0.2, 0.25) is 0 Å². The standard InChI is InChI=1S/C5H8O2.Ag/c1-4(6)3-5(2)7;/h3,6H,1-2H3;/q;+1/p-1/b4-3+;. The molecule has 0 aromatic heterocycles. The Morgan fingerprint density at radius 1 is 1.50 bits per heavy atom. The van der Waals surface area contributed by atoms with Crippen LogP contribution >= 0.6 is 0 Å². The molecule has 0 amide bonds. The van der Waals surface area contributed by atoms with Crippen molar-refractivity contribution in [3.63, 3.8) is 0 Å². The number of hydrogen-bond acceptors (Lipinski definition) is 2. The van der Waals surface area contributed by atoms with E-state index < -0.39 is 0 Å². The molecule has 8 heavy (non-hydrogen) atoms. The summed E-state index contributed by atoms with van der Waals surface area (Å²) in [6.07, 6.45) is 1.06. The third-order valence-electron chi connectivity index (χ3n) is 0.407. The van der Waals surface area contributed by atoms with E-state index in [0.29, 0.717) is 0 Å². The predicted molar refractivity (Wildman–Crippen MR) is 24.4 cm³/mol. The zero-order valence-corrected chi connectivity index (χ0v) is 6.18. The summed E-state index contributed by atoms with van der Waals surface area (Å²) in [4.78, 5) is 9.98. The third kappa shape index (κ3) is 9.34. The van der Waals surface area contributed by atoms with Crippen LogP contribution in [0.25, 0.3) is 0 Å². The van der Waals surface area contributed by atoms with Crippen molar-refractivity contribution in [3.05, 3.63) is 11.8 Å². The molecule has 0 unspecified atom stereocenters. The monoisotopic (exact) mass is 206 g/mol. The molecule has 0 aliphatic heterocycles. The van der Waals surface area contributed by atoms with E-state index in [1.165, 1.54) is 13.8 Å². The first-order valence-electron chi connectivity index (χ1n) is 1.99. The van der Waals surface area contributed by atoms with Crippen LogP contribution in [0, 0.1) is 0 Å². The molecule has 0 N–H and O–H groups in total. The molecule has 0 fully saturated rings. The first-order chi connectivity index (χ1) is 3.13. The molecular weight excluding hydrogens is 200 g/mol. The minimum Gasteiger partial charge on any atom is -0.876 e. The summed E-state index contributed by atoms with van der Waals surface area (Å²) in [7, 11) is 0. The summed E-state index contributed by atoms with van der Waals surface area (Å²) < 4.78 is 0. The first kappa shape index (κ1) is 10.8. The Balaban J connectivity index is 0. The van der Waals surface area contributed by atoms with E-state index in [2.05, 4.69) is 0 Å². The van der Waals surface area contributed by atoms with Crippen molar-refractivity contribution in [1.29, 1.82) is 0 Å². The molecular formula is C5H7AgO2. The van der Waals surface area contributed by atoms with Gasteiger partial charge in [0.15, 0.2) is 5.78 Å². The second kappa shape index (κ2) is 5.09. The molecule has 2 nitrogen and oxygen atoms in total. The Bertz CT molecular complexity index is 103. The number of carbonyl (C=O) groups excluding carboxylic acids is 1. The van der Waals surface area contributed by atoms with Gasteiger partial charge in [0.05, 0.1) is 0 Å². The summed E-state index contributed by atoms with van der Waals surface area (Å²) in [5.41, 5.74) is 0. The molecule has 3 heteroatoms. The van der Waals surface area contributed by atoms with Crippen LogP contribution in [-0.4, -0.2) is 5.78 Å². The van der Waals surface area contributed by atoms with Crippen molar-refractivity contribution in [2.75, 3.05) is 0 Å². The maximum atomic E-state index is 9.98. The SMILES string of the molecule is CC(=O)/C=C(\C)[O-].[Ag+]. The van der Waals surface area contributed by atoms with Crippen LogP contribution in [0.3, 0.4) is 0 Å². The fraction of sp³-hybridized carbons (Fsp3) is 0.400. The minimum atomic E-state index is -0.187. The molecule has 0 aliphatic carbocycles. The van der Waals surface area contributed by atoms with Gasteiger partial charge in [-0.15, -0.1) is 5.76 Å². The Morgan fingerprint density at radius 3 is 1.88 bits per heavy atom. The topological polar surface area (TPSA) is 40.1 Å². The summed E-state index contributed by atoms with van der Waals surface area (Å²) in [6, 6.07) is 0. The quantitative estimate of drug-likeness (QED) is 0.340. The van der Waals surface area contributed by atoms with Gasteiger partial charge in [-0.1, -0.05) is 6.92 Å². The van der Waals surface area contributed by atoms with E-state index in [1.54, 1.807) is 0 Å². The predicted octanol–water partition coefficient (Wildman–Crippen LogP) is -0.163. The van der Waals surface area contributed by atoms with Gasteiger partial charge in [0, 0.05) is 0 Å². The molecule has 0 radical (unpaired) electrons. The normalized spacial score (nSPS) is 10.0. The van der Waals surface area contributed by atoms with Gasteiger partial charge in [0.2, 0.25) is 0 Å². The molecule has 0 aromatic carbocycles. The Hall–Kier alpha value is -0.0497. The van der Waals surface area contributed by atoms with Crippen LogP contribution in [0.15, 0.2) is 11.8 Å². The molecule has 0 spiro atoms. The largest absolute Gasteiger partial charge is 1.00 e. The third-order valence-corrected chi connectivity index (χ3v) is 0.407. The molecule has 50 valence electrons. The maximum absolute atomic E-state index is 9.98. The van der Waals surface area contributed by atoms with E-state index in [-0.39, 0.29) is 33.9 Å². The Morgan fingerprint density at radius 2 is 1.88 bits per heavy atom. The average molecular weight is 207 g/mol. The van der Waals surface area contributed by atoms with Crippen LogP contribution in [0.1, 0.15) is 13.8 Å². The van der Waals surface area contributed by atoms with Gasteiger partial charge >= 0.3 is 22.4 Å². The van der Waals surface area contributed by atoms with Crippen molar-refractivity contribution in [3.8, 4) is 0 Å². The van der Waals surface area contributed by atoms with Crippen molar-refractivity contribution in [1.82, 2.24) is 0 Å². The summed E-state index contributed by atoms with van der Waals surface area (Å²) >= 11 is 0. The first-order valence-corrected chi connectivity index (χ1v) is 1.99. The zero-order valence-electron chi connectivity index (χ0n) is 4.70. The molecule has 0 saturated carbocycles. The molecule has 0 aliphatic rings. The van der Waals surface area contributed by atoms with Crippen molar-refractivity contribution in [2.45, 2.75) is 13.8 Å². The molecule has 0 atom stereocenters. The summed E-state index contributed by atoms with van der Waals surface area (Å²) in [5, 5.41) is 9.98. The van der Waals surface area contributed by atoms with Gasteiger partial charge in [-0.05, 0) is 13.0 Å². The van der Waals surface area contributed by atoms with E-state index in [1.807, 2.05) is 0 Å². The van der Waals surface area contributed by atoms with Crippen LogP contribution in [0.5, 0.6) is 0 Å². The number of rotatable bonds is 1. The molecule has 0 heterocycles. The summed E-state index contributed by atoms with van der Waals surface area (Å²) in [5.74, 6) is -0.375. The number of allylic oxidation sites excluding steroid dienone is 2. The minimum absolute atomic E-state index is 0. The average Bonchev–Trinajstić information content (AvgIpc) is 1.27. The number of carbonyl (C=O) groups is 1. The second-order valence-corrected chi connectivity index (χ2v) is 1.37. The van der Waals surface area contributed by atoms with E-state index >= 15 is 0 Å². The zero-order chi connectivity index (χ0) is 5.86. The van der Waals surface area contributed by atoms with E-state index in [9.17, 15) is 9.90 Å². The van der Waals surface area contributed by atoms with Gasteiger partial charge in [-0.25, -0.2) is 0 Å². The fourth-order valence-electron chi connectivity index (χ4n) is 0.286. The number of ketones is 1. The Kier molecular flexibility index (Phi) is 6.91. The summed E-state index contributed by atoms with van der Waals surface area (Å²) in [6.45, 7) is 2.70. The van der Waals surface area contributed by atoms with E-state index in [4.69, 9.17) is 0 Å². The smallest absolute Gasteiger partial charge is 0.876 e. The van der Waals surface area contributed by atoms with Gasteiger partial charge in [-0.2, -0.15) is 0 Å². The fourth-order valence-corrected chi connectivity index (χ4v) is 0.286. The van der Waals surface area contributed by atoms with Gasteiger partial charge < -0.3 is 5.11 Å². The Labute approximate surface area is 64.1 Å². The van der Waals surface area contributed by atoms with Crippen LogP contribution in [0.4, 0.5) is 0 Å². The molecule has 0 bridgehead atoms. The van der Waals surface area contributed by atoms with Crippen molar-refractivity contribution >= 4 is 5.78 Å².